The first kappa shape index (κ1) is 23.2. The Bertz CT molecular complexity index is 1520. The van der Waals surface area contributed by atoms with Crippen LogP contribution in [0.25, 0.3) is 15.6 Å². The summed E-state index contributed by atoms with van der Waals surface area (Å²) in [5.74, 6) is -2.26. The summed E-state index contributed by atoms with van der Waals surface area (Å²) in [6.45, 7) is 0. The number of fused-ring (bicyclic) bond motifs is 4. The maximum absolute atomic E-state index is 13.8. The fourth-order valence-electron chi connectivity index (χ4n) is 4.03. The number of aryl methyl sites for hydroxylation is 2. The van der Waals surface area contributed by atoms with Crippen molar-refractivity contribution in [1.29, 1.82) is 0 Å². The molecule has 176 valence electrons. The van der Waals surface area contributed by atoms with Gasteiger partial charge in [0.1, 0.15) is 26.5 Å². The fourth-order valence-corrected chi connectivity index (χ4v) is 9.47. The van der Waals surface area contributed by atoms with Crippen molar-refractivity contribution in [2.45, 2.75) is 36.5 Å². The topological polar surface area (TPSA) is 122 Å². The molecule has 2 aromatic heterocycles. The molecular weight excluding hydrogens is 532 g/mol. The number of aromatic nitrogens is 1. The lowest BCUT2D eigenvalue weighted by molar-refractivity contribution is -0.647. The molecule has 0 saturated heterocycles. The van der Waals surface area contributed by atoms with E-state index in [1.807, 2.05) is 0 Å². The summed E-state index contributed by atoms with van der Waals surface area (Å²) in [6.07, 6.45) is 5.43. The van der Waals surface area contributed by atoms with Gasteiger partial charge in [0, 0.05) is 9.77 Å². The van der Waals surface area contributed by atoms with Gasteiger partial charge in [0.15, 0.2) is 10.1 Å². The third-order valence-electron chi connectivity index (χ3n) is 5.34. The molecule has 2 aliphatic rings. The minimum atomic E-state index is -4.70. The van der Waals surface area contributed by atoms with Crippen molar-refractivity contribution >= 4 is 76.0 Å². The lowest BCUT2D eigenvalue weighted by Gasteiger charge is -2.21. The fraction of sp³-hybridized carbons (Fsp3) is 0.316. The molecule has 1 aromatic carbocycles. The number of hydrogen-bond donors (Lipinski definition) is 0. The van der Waals surface area contributed by atoms with Gasteiger partial charge in [-0.15, -0.1) is 0 Å². The van der Waals surface area contributed by atoms with Crippen LogP contribution in [0.3, 0.4) is 0 Å². The van der Waals surface area contributed by atoms with E-state index < -0.39 is 37.8 Å². The van der Waals surface area contributed by atoms with Crippen LogP contribution in [0.15, 0.2) is 28.1 Å². The van der Waals surface area contributed by atoms with Crippen molar-refractivity contribution < 1.29 is 34.9 Å². The predicted molar refractivity (Wildman–Crippen MR) is 124 cm³/mol. The van der Waals surface area contributed by atoms with E-state index in [-0.39, 0.29) is 5.69 Å². The molecule has 0 N–H and O–H groups in total. The minimum absolute atomic E-state index is 0.240. The van der Waals surface area contributed by atoms with Gasteiger partial charge >= 0.3 is 0 Å². The summed E-state index contributed by atoms with van der Waals surface area (Å²) < 4.78 is 85.9. The molecule has 0 saturated carbocycles. The van der Waals surface area contributed by atoms with Crippen LogP contribution < -0.4 is 9.47 Å². The molecule has 0 radical (unpaired) electrons. The summed E-state index contributed by atoms with van der Waals surface area (Å²) in [5, 5.41) is 0.767. The van der Waals surface area contributed by atoms with Gasteiger partial charge in [0.05, 0.1) is 16.8 Å². The van der Waals surface area contributed by atoms with E-state index >= 15 is 0 Å². The third kappa shape index (κ3) is 4.70. The summed E-state index contributed by atoms with van der Waals surface area (Å²) in [5.41, 5.74) is 1.40. The first-order valence-electron chi connectivity index (χ1n) is 9.79. The van der Waals surface area contributed by atoms with Gasteiger partial charge in [0.25, 0.3) is 9.84 Å². The Morgan fingerprint density at radius 3 is 2.58 bits per heavy atom. The average Bonchev–Trinajstić information content (AvgIpc) is 3.32. The van der Waals surface area contributed by atoms with Crippen molar-refractivity contribution in [2.75, 3.05) is 10.8 Å². The van der Waals surface area contributed by atoms with Crippen molar-refractivity contribution in [3.8, 4) is 0 Å². The molecular formula is C19H16FN2O6S5-. The number of hydrogen-bond acceptors (Lipinski definition) is 10. The first-order valence-corrected chi connectivity index (χ1v) is 15.4. The summed E-state index contributed by atoms with van der Waals surface area (Å²) in [7, 11) is -9.32. The quantitative estimate of drug-likeness (QED) is 0.353. The standard InChI is InChI=1S/C19H17FN2O6S5/c20-11-5-6-15-13(7-11)21(9-32(23,24)25)16(29-15)8-17-22(10-33(26,27)28)19-18(31-17)12-3-1-2-4-14(12)30-19/h5-8H,1-4,9-10H2,(H-,23,24,25,26,27,28)/p-1. The molecule has 3 heterocycles. The van der Waals surface area contributed by atoms with Crippen LogP contribution in [0.5, 0.6) is 0 Å². The third-order valence-corrected chi connectivity index (χ3v) is 10.2. The molecule has 33 heavy (non-hydrogen) atoms. The molecule has 5 rings (SSSR count). The zero-order valence-corrected chi connectivity index (χ0v) is 20.9. The Morgan fingerprint density at radius 1 is 1.09 bits per heavy atom. The van der Waals surface area contributed by atoms with E-state index in [0.717, 1.165) is 53.8 Å². The lowest BCUT2D eigenvalue weighted by Crippen LogP contribution is -2.38. The Hall–Kier alpha value is -1.55. The highest BCUT2D eigenvalue weighted by molar-refractivity contribution is 8.04. The second-order valence-electron chi connectivity index (χ2n) is 7.71. The predicted octanol–water partition coefficient (Wildman–Crippen LogP) is 3.18. The number of benzene rings is 1. The van der Waals surface area contributed by atoms with Crippen LogP contribution in [-0.4, -0.2) is 31.8 Å². The second kappa shape index (κ2) is 8.29. The van der Waals surface area contributed by atoms with Crippen LogP contribution in [0.2, 0.25) is 0 Å². The Balaban J connectivity index is 1.67. The van der Waals surface area contributed by atoms with Crippen molar-refractivity contribution in [3.63, 3.8) is 0 Å². The molecule has 14 heteroatoms. The molecule has 3 aromatic rings. The SMILES string of the molecule is O=S(=O)([O-])CN1C(=Cc2sc3c4c(sc3[n+]2CS(=O)(=O)[O-])CCCC4)Sc2ccc(F)cc21. The van der Waals surface area contributed by atoms with Crippen LogP contribution >= 0.6 is 34.4 Å². The highest BCUT2D eigenvalue weighted by Crippen LogP contribution is 2.48. The molecule has 0 fully saturated rings. The van der Waals surface area contributed by atoms with Gasteiger partial charge in [0.2, 0.25) is 5.88 Å². The summed E-state index contributed by atoms with van der Waals surface area (Å²) in [4.78, 5) is 3.64. The van der Waals surface area contributed by atoms with Crippen LogP contribution in [0.1, 0.15) is 28.3 Å². The van der Waals surface area contributed by atoms with Crippen molar-refractivity contribution in [2.24, 2.45) is 0 Å². The van der Waals surface area contributed by atoms with E-state index in [0.29, 0.717) is 19.8 Å². The number of thioether (sulfide) groups is 1. The molecule has 0 amide bonds. The minimum Gasteiger partial charge on any atom is -0.747 e. The smallest absolute Gasteiger partial charge is 0.281 e. The Labute approximate surface area is 201 Å². The zero-order chi connectivity index (χ0) is 23.5. The number of nitrogens with zero attached hydrogens (tertiary/aromatic N) is 2. The summed E-state index contributed by atoms with van der Waals surface area (Å²) >= 11 is 3.94. The maximum Gasteiger partial charge on any atom is 0.281 e. The second-order valence-corrected chi connectivity index (χ2v) is 13.6. The van der Waals surface area contributed by atoms with Crippen molar-refractivity contribution in [3.05, 3.63) is 44.5 Å². The van der Waals surface area contributed by atoms with Gasteiger partial charge in [-0.3, -0.25) is 0 Å². The lowest BCUT2D eigenvalue weighted by atomic mass is 10.00. The normalized spacial score (nSPS) is 17.7. The number of rotatable bonds is 5. The number of anilines is 1. The summed E-state index contributed by atoms with van der Waals surface area (Å²) in [6, 6.07) is 3.87. The van der Waals surface area contributed by atoms with E-state index in [4.69, 9.17) is 0 Å². The molecule has 1 aliphatic carbocycles. The van der Waals surface area contributed by atoms with Gasteiger partial charge in [-0.05, 0) is 49.4 Å². The van der Waals surface area contributed by atoms with E-state index in [1.165, 1.54) is 49.2 Å². The van der Waals surface area contributed by atoms with Crippen LogP contribution in [0.4, 0.5) is 10.1 Å². The molecule has 1 aliphatic heterocycles. The highest BCUT2D eigenvalue weighted by Gasteiger charge is 2.32. The van der Waals surface area contributed by atoms with E-state index in [2.05, 4.69) is 0 Å². The Kier molecular flexibility index (Phi) is 5.83. The zero-order valence-electron chi connectivity index (χ0n) is 16.8. The Morgan fingerprint density at radius 2 is 1.85 bits per heavy atom. The molecule has 0 spiro atoms. The molecule has 0 unspecified atom stereocenters. The van der Waals surface area contributed by atoms with Gasteiger partial charge in [-0.25, -0.2) is 21.2 Å². The maximum atomic E-state index is 13.8. The molecule has 0 atom stereocenters. The van der Waals surface area contributed by atoms with Gasteiger partial charge < -0.3 is 14.0 Å². The van der Waals surface area contributed by atoms with Crippen LogP contribution in [-0.2, 0) is 39.0 Å². The van der Waals surface area contributed by atoms with Crippen molar-refractivity contribution in [1.82, 2.24) is 0 Å². The number of halogens is 1. The van der Waals surface area contributed by atoms with E-state index in [1.54, 1.807) is 6.08 Å². The van der Waals surface area contributed by atoms with E-state index in [9.17, 15) is 30.3 Å². The van der Waals surface area contributed by atoms with Gasteiger partial charge in [-0.1, -0.05) is 34.4 Å². The van der Waals surface area contributed by atoms with Crippen LogP contribution in [0, 0.1) is 5.82 Å². The largest absolute Gasteiger partial charge is 0.747 e. The monoisotopic (exact) mass is 547 g/mol. The average molecular weight is 548 g/mol. The number of thiazole rings is 1. The molecule has 8 nitrogen and oxygen atoms in total. The first-order chi connectivity index (χ1) is 15.5. The molecule has 0 bridgehead atoms. The van der Waals surface area contributed by atoms with Gasteiger partial charge in [-0.2, -0.15) is 4.57 Å². The number of thiophene rings is 1. The highest BCUT2D eigenvalue weighted by atomic mass is 32.2.